The Morgan fingerprint density at radius 2 is 0.667 bits per heavy atom. The number of nitrogen functional groups attached to an aromatic ring is 2. The molecule has 11 unspecified atom stereocenters. The molecule has 6 aliphatic rings. The van der Waals surface area contributed by atoms with E-state index in [2.05, 4.69) is 42.2 Å². The molecule has 0 spiro atoms. The number of aryl methyl sites for hydroxylation is 6. The SMILES string of the molecule is COCCO[C@H]1C(O)[C@@H](COP(O)(=S)OC2[C@@H](COP(=O)(S)OC3[C@@H](COP(=O)(O)OC4[C@@H](COP(=O)(O)OC5[C@@H](COP(O)(=S)OC6C[C@H](n7cc(C)c(=O)[nH]c7=O)O[C@@H]6C)O[C@@H](n6cc(C)c(N)nc6=O)[C@H]5OCCOC)O[C@@H](n5cc(C)c(=O)[nH]c5=O)[C@H]4OCCOC)O[C@@H](n4cc(C)c(=O)[nH]c4=O)[C@H]3OCCOC)O[C@@H](n3cc(C)c(=O)[nH]c3=O)[C@H]2OCCOC)O[C@H]1n1cc(C)c(N)nc1=O. The van der Waals surface area contributed by atoms with E-state index in [0.717, 1.165) is 46.0 Å². The van der Waals surface area contributed by atoms with Crippen LogP contribution in [0.15, 0.2) is 85.1 Å². The number of thiol groups is 1. The Morgan fingerprint density at radius 3 is 1.04 bits per heavy atom. The van der Waals surface area contributed by atoms with E-state index in [-0.39, 0.29) is 98.7 Å². The highest BCUT2D eigenvalue weighted by Gasteiger charge is 2.59. The van der Waals surface area contributed by atoms with E-state index >= 15 is 13.7 Å². The minimum absolute atomic E-state index is 0.0190. The number of hydrogen-bond acceptors (Lipinski definition) is 46. The number of nitrogens with one attached hydrogen (secondary N) is 4. The number of phosphoric acid groups is 2. The number of aromatic nitrogens is 12. The second-order valence-electron chi connectivity index (χ2n) is 32.6. The molecule has 0 bridgehead atoms. The van der Waals surface area contributed by atoms with E-state index in [1.807, 2.05) is 0 Å². The molecule has 0 radical (unpaired) electrons. The largest absolute Gasteiger partial charge is 0.472 e. The molecule has 12 heterocycles. The fourth-order valence-electron chi connectivity index (χ4n) is 15.6. The molecule has 28 atom stereocenters. The summed E-state index contributed by atoms with van der Waals surface area (Å²) in [6, 6.07) is 0. The van der Waals surface area contributed by atoms with Crippen LogP contribution in [0.1, 0.15) is 84.1 Å². The van der Waals surface area contributed by atoms with Gasteiger partial charge in [0.2, 0.25) is 0 Å². The zero-order valence-electron chi connectivity index (χ0n) is 77.4. The molecule has 0 aromatic carbocycles. The van der Waals surface area contributed by atoms with Crippen molar-refractivity contribution in [3.63, 3.8) is 0 Å². The van der Waals surface area contributed by atoms with Gasteiger partial charge >= 0.3 is 70.0 Å². The highest BCUT2D eigenvalue weighted by Crippen LogP contribution is 2.60. The Labute approximate surface area is 813 Å². The summed E-state index contributed by atoms with van der Waals surface area (Å²) in [5.74, 6) is -0.306. The topological polar surface area (TPSA) is 734 Å². The molecule has 58 nitrogen and oxygen atoms in total. The summed E-state index contributed by atoms with van der Waals surface area (Å²) < 4.78 is 206. The van der Waals surface area contributed by atoms with E-state index in [1.54, 1.807) is 6.92 Å². The number of nitrogens with two attached hydrogens (primary N) is 2. The fourth-order valence-corrected chi connectivity index (χ4v) is 22.0. The van der Waals surface area contributed by atoms with Crippen molar-refractivity contribution in [3.8, 4) is 0 Å². The van der Waals surface area contributed by atoms with Gasteiger partial charge in [-0.3, -0.25) is 98.2 Å². The van der Waals surface area contributed by atoms with E-state index in [0.29, 0.717) is 5.56 Å². The molecule has 13 N–H and O–H groups in total. The van der Waals surface area contributed by atoms with Crippen LogP contribution in [-0.2, 0) is 158 Å². The van der Waals surface area contributed by atoms with Gasteiger partial charge in [0.05, 0.1) is 111 Å². The summed E-state index contributed by atoms with van der Waals surface area (Å²) in [6.45, 7) is -12.7. The Balaban J connectivity index is 0.843. The summed E-state index contributed by atoms with van der Waals surface area (Å²) in [4.78, 5) is 198. The molecular formula is C75H111N14O44P5S3. The third-order valence-corrected chi connectivity index (χ3v) is 29.4. The van der Waals surface area contributed by atoms with Crippen molar-refractivity contribution < 1.29 is 159 Å². The number of methoxy groups -OCH3 is 5. The zero-order chi connectivity index (χ0) is 103. The molecule has 0 saturated carbocycles. The van der Waals surface area contributed by atoms with Gasteiger partial charge in [-0.1, -0.05) is 12.2 Å². The maximum Gasteiger partial charge on any atom is 0.472 e. The molecule has 0 aliphatic carbocycles. The van der Waals surface area contributed by atoms with Gasteiger partial charge in [0, 0.05) is 113 Å². The number of aliphatic hydroxyl groups excluding tert-OH is 1. The minimum atomic E-state index is -6.00. The van der Waals surface area contributed by atoms with Gasteiger partial charge in [-0.25, -0.2) is 42.5 Å². The monoisotopic (exact) mass is 2160 g/mol. The lowest BCUT2D eigenvalue weighted by molar-refractivity contribution is -0.0853. The highest BCUT2D eigenvalue weighted by molar-refractivity contribution is 8.44. The van der Waals surface area contributed by atoms with Crippen molar-refractivity contribution in [1.29, 1.82) is 0 Å². The zero-order valence-corrected chi connectivity index (χ0v) is 84.4. The number of phosphoric ester groups is 2. The normalized spacial score (nSPS) is 29.6. The lowest BCUT2D eigenvalue weighted by Gasteiger charge is -2.30. The van der Waals surface area contributed by atoms with E-state index in [9.17, 15) is 72.6 Å². The van der Waals surface area contributed by atoms with Crippen molar-refractivity contribution >= 4 is 83.4 Å². The minimum Gasteiger partial charge on any atom is -0.387 e. The number of H-pyrrole nitrogens is 4. The summed E-state index contributed by atoms with van der Waals surface area (Å²) >= 11 is 15.5. The maximum atomic E-state index is 15.5. The Bertz CT molecular complexity index is 6270. The van der Waals surface area contributed by atoms with Crippen molar-refractivity contribution in [2.75, 3.05) is 146 Å². The first-order valence-corrected chi connectivity index (χ1v) is 53.9. The first-order chi connectivity index (χ1) is 66.6. The van der Waals surface area contributed by atoms with Crippen LogP contribution >= 0.6 is 48.1 Å². The van der Waals surface area contributed by atoms with Gasteiger partial charge < -0.3 is 126 Å². The fraction of sp³-hybridized carbons (Fsp3) is 0.680. The smallest absolute Gasteiger partial charge is 0.387 e. The van der Waals surface area contributed by atoms with Crippen LogP contribution in [0.3, 0.4) is 0 Å². The third-order valence-electron chi connectivity index (χ3n) is 22.7. The molecule has 6 fully saturated rings. The highest BCUT2D eigenvalue weighted by atomic mass is 32.7. The van der Waals surface area contributed by atoms with E-state index in [4.69, 9.17) is 156 Å². The van der Waals surface area contributed by atoms with Crippen LogP contribution in [0.2, 0.25) is 0 Å². The molecule has 66 heteroatoms. The Morgan fingerprint density at radius 1 is 0.383 bits per heavy atom. The van der Waals surface area contributed by atoms with Crippen molar-refractivity contribution in [3.05, 3.63) is 175 Å². The van der Waals surface area contributed by atoms with Crippen molar-refractivity contribution in [1.82, 2.24) is 57.3 Å². The average molecular weight is 2160 g/mol. The summed E-state index contributed by atoms with van der Waals surface area (Å²) in [6.07, 6.45) is -32.1. The van der Waals surface area contributed by atoms with E-state index < -0.39 is 280 Å². The van der Waals surface area contributed by atoms with Gasteiger partial charge in [-0.15, -0.1) is 0 Å². The number of aliphatic hydroxyl groups is 1. The Hall–Kier alpha value is -6.82. The molecular weight excluding hydrogens is 2050 g/mol. The van der Waals surface area contributed by atoms with Crippen LogP contribution in [0.5, 0.6) is 0 Å². The lowest BCUT2D eigenvalue weighted by atomic mass is 10.1. The first kappa shape index (κ1) is 113. The van der Waals surface area contributed by atoms with Crippen LogP contribution in [0.25, 0.3) is 0 Å². The van der Waals surface area contributed by atoms with Crippen LogP contribution in [0.4, 0.5) is 11.6 Å². The van der Waals surface area contributed by atoms with Crippen LogP contribution < -0.4 is 67.8 Å². The van der Waals surface area contributed by atoms with Crippen molar-refractivity contribution in [2.24, 2.45) is 0 Å². The van der Waals surface area contributed by atoms with Crippen molar-refractivity contribution in [2.45, 2.75) is 196 Å². The standard InChI is InChI=1S/C75H111N14O44P5S3/c1-35-24-85(70(95)78-59(35)76)65-54(113-18-13-108-8)49(90)43(124-65)30-120-137(106,140)133-53-47(128-69(58(53)117-22-17-112-12)89-29-40(6)64(94)83-75(89)100)34-122-138(107,141)132-52-45(126-68(57(52)116-21-16-111-11)88-28-39(5)63(93)82-74(88)99)32-119-135(103,104)130-50-44(125-67(55(50)114-19-14-109-9)87-27-38(4)62(92)81-73(87)98)31-118-134(101,102)131-51-46(127-66(56(51)115-20-15-110-10)86-25-36(2)60(77)79-71(86)96)33-121-136(105,139)129-42-23-48(123-41(42)7)84-26-37(3)61(91)80-72(84)97/h24-29,41-58,65-69,90H,13-23,30-34H2,1-12H3,(H,101,102)(H,103,104)(H,105,139)(H,106,140)(H,107,141)(H2,76,78,95)(H2,77,79,96)(H,80,91,97)(H,81,92,98)(H,82,93,99)(H,83,94,100)/t41-,42?,43-,44-,45-,46-,47-,48-,49?,50?,51?,52?,53?,54+,55+,56+,57+,58+,65-,66-,67-,68-,69-,136?,137?,138?/m1/s1. The maximum absolute atomic E-state index is 15.5. The van der Waals surface area contributed by atoms with Gasteiger partial charge in [-0.2, -0.15) is 9.97 Å². The van der Waals surface area contributed by atoms with Gasteiger partial charge in [-0.05, 0) is 72.1 Å². The van der Waals surface area contributed by atoms with Gasteiger partial charge in [0.25, 0.3) is 22.2 Å². The molecule has 788 valence electrons. The molecule has 141 heavy (non-hydrogen) atoms. The number of anilines is 2. The number of rotatable bonds is 51. The molecule has 6 saturated heterocycles. The van der Waals surface area contributed by atoms with Crippen LogP contribution in [-0.4, -0.2) is 320 Å². The third kappa shape index (κ3) is 28.2. The Kier molecular flexibility index (Phi) is 39.1. The summed E-state index contributed by atoms with van der Waals surface area (Å²) in [5, 5.41) is 11.8. The van der Waals surface area contributed by atoms with Crippen LogP contribution in [0, 0.1) is 41.5 Å². The molecule has 6 aromatic heterocycles. The molecule has 6 aromatic rings. The van der Waals surface area contributed by atoms with Gasteiger partial charge in [0.15, 0.2) is 31.1 Å². The molecule has 6 aliphatic heterocycles. The van der Waals surface area contributed by atoms with Gasteiger partial charge in [0.1, 0.15) is 109 Å². The van der Waals surface area contributed by atoms with E-state index in [1.165, 1.54) is 95.7 Å². The molecule has 12 rings (SSSR count). The number of ether oxygens (including phenoxy) is 16. The predicted molar refractivity (Wildman–Crippen MR) is 491 cm³/mol. The number of nitrogens with zero attached hydrogens (tertiary/aromatic N) is 8. The lowest BCUT2D eigenvalue weighted by Crippen LogP contribution is -2.42. The summed E-state index contributed by atoms with van der Waals surface area (Å²) in [7, 11) is -5.32. The number of hydrogen-bond donors (Lipinski definition) is 12. The second-order valence-corrected chi connectivity index (χ2v) is 43.9. The average Bonchev–Trinajstić information content (AvgIpc) is 1.64. The quantitative estimate of drug-likeness (QED) is 0.0109. The molecule has 0 amide bonds. The summed E-state index contributed by atoms with van der Waals surface area (Å²) in [5.41, 5.74) is 2.93. The predicted octanol–water partition coefficient (Wildman–Crippen LogP) is -2.29. The first-order valence-electron chi connectivity index (χ1n) is 43.0. The number of aromatic amines is 4. The second kappa shape index (κ2) is 48.9.